The van der Waals surface area contributed by atoms with E-state index in [0.717, 1.165) is 16.9 Å². The third-order valence-corrected chi connectivity index (χ3v) is 9.90. The SMILES string of the molecule is CCOc1cc(C2C(C(=O)c3cccs3)=C(O)C(=O)N2c2nnc(SCc3ccccc3F)s2)ccc1OCc1ccccc1. The summed E-state index contributed by atoms with van der Waals surface area (Å²) < 4.78 is 26.7. The van der Waals surface area contributed by atoms with Crippen molar-refractivity contribution < 1.29 is 28.6 Å². The van der Waals surface area contributed by atoms with Crippen LogP contribution in [0.1, 0.15) is 39.3 Å². The average Bonchev–Trinajstić information content (AvgIpc) is 3.81. The summed E-state index contributed by atoms with van der Waals surface area (Å²) in [5, 5.41) is 21.5. The minimum atomic E-state index is -1.02. The zero-order chi connectivity index (χ0) is 31.3. The van der Waals surface area contributed by atoms with Crippen molar-refractivity contribution in [1.29, 1.82) is 0 Å². The van der Waals surface area contributed by atoms with Crippen molar-refractivity contribution in [2.45, 2.75) is 29.7 Å². The first-order valence-corrected chi connectivity index (χ1v) is 16.6. The molecule has 1 unspecified atom stereocenters. The van der Waals surface area contributed by atoms with E-state index < -0.39 is 23.5 Å². The van der Waals surface area contributed by atoms with Crippen LogP contribution in [0.15, 0.2) is 106 Å². The van der Waals surface area contributed by atoms with Gasteiger partial charge in [0.1, 0.15) is 12.4 Å². The van der Waals surface area contributed by atoms with Gasteiger partial charge in [0.15, 0.2) is 21.6 Å². The van der Waals surface area contributed by atoms with Gasteiger partial charge in [-0.05, 0) is 53.3 Å². The highest BCUT2D eigenvalue weighted by molar-refractivity contribution is 8.00. The number of amides is 1. The van der Waals surface area contributed by atoms with E-state index >= 15 is 0 Å². The number of Topliss-reactive ketones (excluding diaryl/α,β-unsaturated/α-hetero) is 1. The lowest BCUT2D eigenvalue weighted by atomic mass is 9.95. The molecule has 45 heavy (non-hydrogen) atoms. The van der Waals surface area contributed by atoms with E-state index in [0.29, 0.717) is 50.8 Å². The lowest BCUT2D eigenvalue weighted by molar-refractivity contribution is -0.117. The molecule has 2 aromatic heterocycles. The van der Waals surface area contributed by atoms with Gasteiger partial charge in [-0.1, -0.05) is 83.8 Å². The zero-order valence-corrected chi connectivity index (χ0v) is 26.3. The summed E-state index contributed by atoms with van der Waals surface area (Å²) in [7, 11) is 0. The quantitative estimate of drug-likeness (QED) is 0.0823. The van der Waals surface area contributed by atoms with Crippen molar-refractivity contribution >= 4 is 51.3 Å². The minimum absolute atomic E-state index is 0.0707. The summed E-state index contributed by atoms with van der Waals surface area (Å²) in [6.45, 7) is 2.51. The number of aliphatic hydroxyl groups is 1. The zero-order valence-electron chi connectivity index (χ0n) is 23.9. The molecule has 1 N–H and O–H groups in total. The Bertz CT molecular complexity index is 1860. The van der Waals surface area contributed by atoms with Crippen LogP contribution in [0.2, 0.25) is 0 Å². The molecule has 228 valence electrons. The van der Waals surface area contributed by atoms with Gasteiger partial charge in [0.2, 0.25) is 10.9 Å². The number of thioether (sulfide) groups is 1. The predicted molar refractivity (Wildman–Crippen MR) is 173 cm³/mol. The molecule has 0 spiro atoms. The molecule has 1 aliphatic rings. The summed E-state index contributed by atoms with van der Waals surface area (Å²) in [5.41, 5.74) is 1.93. The monoisotopic (exact) mass is 659 g/mol. The summed E-state index contributed by atoms with van der Waals surface area (Å²) >= 11 is 3.60. The molecule has 0 bridgehead atoms. The number of aliphatic hydroxyl groups excluding tert-OH is 1. The van der Waals surface area contributed by atoms with Crippen LogP contribution in [0, 0.1) is 5.82 Å². The van der Waals surface area contributed by atoms with Crippen LogP contribution < -0.4 is 14.4 Å². The Labute approximate surface area is 270 Å². The van der Waals surface area contributed by atoms with Crippen molar-refractivity contribution in [1.82, 2.24) is 10.2 Å². The average molecular weight is 660 g/mol. The molecule has 3 heterocycles. The van der Waals surface area contributed by atoms with Crippen LogP contribution in [0.25, 0.3) is 0 Å². The Kier molecular flexibility index (Phi) is 9.24. The molecule has 1 atom stereocenters. The van der Waals surface area contributed by atoms with Gasteiger partial charge in [-0.2, -0.15) is 0 Å². The second kappa shape index (κ2) is 13.6. The standard InChI is InChI=1S/C33H26FN3O5S3/c1-2-41-25-17-21(14-15-24(25)42-18-20-9-4-3-5-10-20)28-27(29(38)26-13-8-16-43-26)30(39)31(40)37(28)32-35-36-33(45-32)44-19-22-11-6-7-12-23(22)34/h3-17,28,39H,2,18-19H2,1H3. The second-order valence-corrected chi connectivity index (χ2v) is 12.9. The van der Waals surface area contributed by atoms with Gasteiger partial charge in [-0.25, -0.2) is 4.39 Å². The number of benzene rings is 3. The topological polar surface area (TPSA) is 102 Å². The Morgan fingerprint density at radius 2 is 1.80 bits per heavy atom. The summed E-state index contributed by atoms with van der Waals surface area (Å²) in [6.07, 6.45) is 0. The van der Waals surface area contributed by atoms with Gasteiger partial charge in [0, 0.05) is 5.75 Å². The highest BCUT2D eigenvalue weighted by atomic mass is 32.2. The maximum absolute atomic E-state index is 14.2. The van der Waals surface area contributed by atoms with E-state index in [1.807, 2.05) is 37.3 Å². The van der Waals surface area contributed by atoms with Crippen LogP contribution in [0.3, 0.4) is 0 Å². The predicted octanol–water partition coefficient (Wildman–Crippen LogP) is 7.79. The Hall–Kier alpha value is -4.52. The number of carbonyl (C=O) groups excluding carboxylic acids is 2. The van der Waals surface area contributed by atoms with Gasteiger partial charge in [-0.15, -0.1) is 21.5 Å². The number of hydrogen-bond acceptors (Lipinski definition) is 10. The van der Waals surface area contributed by atoms with Crippen LogP contribution in [-0.2, 0) is 17.2 Å². The molecule has 0 radical (unpaired) electrons. The van der Waals surface area contributed by atoms with E-state index in [-0.39, 0.29) is 16.5 Å². The van der Waals surface area contributed by atoms with E-state index in [1.165, 1.54) is 34.1 Å². The number of carbonyl (C=O) groups is 2. The normalized spacial score (nSPS) is 14.7. The molecule has 1 amide bonds. The van der Waals surface area contributed by atoms with E-state index in [9.17, 15) is 19.1 Å². The van der Waals surface area contributed by atoms with Crippen molar-refractivity contribution in [3.63, 3.8) is 0 Å². The number of aromatic nitrogens is 2. The number of anilines is 1. The number of hydrogen-bond donors (Lipinski definition) is 1. The van der Waals surface area contributed by atoms with E-state index in [2.05, 4.69) is 10.2 Å². The molecule has 5 aromatic rings. The molecular formula is C33H26FN3O5S3. The van der Waals surface area contributed by atoms with Gasteiger partial charge in [-0.3, -0.25) is 14.5 Å². The van der Waals surface area contributed by atoms with Gasteiger partial charge in [0.25, 0.3) is 5.91 Å². The number of halogens is 1. The number of nitrogens with zero attached hydrogens (tertiary/aromatic N) is 3. The van der Waals surface area contributed by atoms with Gasteiger partial charge < -0.3 is 14.6 Å². The fraction of sp³-hybridized carbons (Fsp3) is 0.152. The molecule has 8 nitrogen and oxygen atoms in total. The lowest BCUT2D eigenvalue weighted by Gasteiger charge is -2.25. The Morgan fingerprint density at radius 1 is 1.00 bits per heavy atom. The highest BCUT2D eigenvalue weighted by Crippen LogP contribution is 2.46. The third kappa shape index (κ3) is 6.48. The van der Waals surface area contributed by atoms with Crippen LogP contribution in [0.5, 0.6) is 11.5 Å². The Morgan fingerprint density at radius 3 is 2.56 bits per heavy atom. The maximum atomic E-state index is 14.2. The number of thiophene rings is 1. The fourth-order valence-electron chi connectivity index (χ4n) is 4.82. The molecular weight excluding hydrogens is 634 g/mol. The van der Waals surface area contributed by atoms with Gasteiger partial charge >= 0.3 is 0 Å². The van der Waals surface area contributed by atoms with E-state index in [4.69, 9.17) is 9.47 Å². The molecule has 3 aromatic carbocycles. The highest BCUT2D eigenvalue weighted by Gasteiger charge is 2.46. The Balaban J connectivity index is 1.35. The largest absolute Gasteiger partial charge is 0.503 e. The molecule has 0 fully saturated rings. The van der Waals surface area contributed by atoms with Crippen molar-refractivity contribution in [3.05, 3.63) is 129 Å². The molecule has 0 saturated heterocycles. The minimum Gasteiger partial charge on any atom is -0.503 e. The summed E-state index contributed by atoms with van der Waals surface area (Å²) in [6, 6.07) is 23.7. The van der Waals surface area contributed by atoms with Crippen LogP contribution in [-0.4, -0.2) is 33.6 Å². The third-order valence-electron chi connectivity index (χ3n) is 6.93. The van der Waals surface area contributed by atoms with Crippen LogP contribution in [0.4, 0.5) is 9.52 Å². The van der Waals surface area contributed by atoms with Gasteiger partial charge in [0.05, 0.1) is 23.1 Å². The van der Waals surface area contributed by atoms with Crippen molar-refractivity contribution in [2.75, 3.05) is 11.5 Å². The molecule has 6 rings (SSSR count). The van der Waals surface area contributed by atoms with E-state index in [1.54, 1.807) is 53.9 Å². The molecule has 0 saturated carbocycles. The first-order chi connectivity index (χ1) is 21.9. The van der Waals surface area contributed by atoms with Crippen molar-refractivity contribution in [2.24, 2.45) is 0 Å². The smallest absolute Gasteiger partial charge is 0.296 e. The second-order valence-electron chi connectivity index (χ2n) is 9.79. The maximum Gasteiger partial charge on any atom is 0.296 e. The number of ether oxygens (including phenoxy) is 2. The lowest BCUT2D eigenvalue weighted by Crippen LogP contribution is -2.31. The first kappa shape index (κ1) is 30.5. The summed E-state index contributed by atoms with van der Waals surface area (Å²) in [5.74, 6) is -0.998. The number of rotatable bonds is 12. The fourth-order valence-corrected chi connectivity index (χ4v) is 7.35. The van der Waals surface area contributed by atoms with Crippen molar-refractivity contribution in [3.8, 4) is 11.5 Å². The molecule has 12 heteroatoms. The van der Waals surface area contributed by atoms with Crippen LogP contribution >= 0.6 is 34.4 Å². The summed E-state index contributed by atoms with van der Waals surface area (Å²) in [4.78, 5) is 29.0. The molecule has 0 aliphatic carbocycles. The molecule has 1 aliphatic heterocycles. The first-order valence-electron chi connectivity index (χ1n) is 13.9. The number of ketones is 1.